The van der Waals surface area contributed by atoms with Gasteiger partial charge in [-0.15, -0.1) is 11.3 Å². The van der Waals surface area contributed by atoms with Crippen LogP contribution < -0.4 is 4.90 Å². The summed E-state index contributed by atoms with van der Waals surface area (Å²) in [5, 5.41) is 2.93. The monoisotopic (exact) mass is 408 g/mol. The van der Waals surface area contributed by atoms with E-state index in [1.54, 1.807) is 17.5 Å². The number of morpholine rings is 1. The molecule has 0 bridgehead atoms. The van der Waals surface area contributed by atoms with Gasteiger partial charge in [-0.3, -0.25) is 4.79 Å². The molecule has 1 N–H and O–H groups in total. The average molecular weight is 409 g/mol. The first-order valence-electron chi connectivity index (χ1n) is 10.0. The Hall–Kier alpha value is -2.54. The van der Waals surface area contributed by atoms with Crippen LogP contribution >= 0.6 is 11.3 Å². The van der Waals surface area contributed by atoms with E-state index in [9.17, 15) is 4.79 Å². The van der Waals surface area contributed by atoms with Crippen LogP contribution in [0.1, 0.15) is 15.4 Å². The Labute approximate surface area is 175 Å². The highest BCUT2D eigenvalue weighted by atomic mass is 32.1. The van der Waals surface area contributed by atoms with Crippen LogP contribution in [0, 0.1) is 0 Å². The van der Waals surface area contributed by atoms with Gasteiger partial charge in [0.15, 0.2) is 0 Å². The number of carbonyl (C=O) groups excluding carboxylic acids is 1. The topological polar surface area (TPSA) is 46.9 Å². The smallest absolute Gasteiger partial charge is 0.255 e. The van der Waals surface area contributed by atoms with E-state index < -0.39 is 0 Å². The molecule has 1 amide bonds. The fourth-order valence-corrected chi connectivity index (χ4v) is 4.29. The maximum Gasteiger partial charge on any atom is 0.255 e. The van der Waals surface area contributed by atoms with Crippen molar-refractivity contribution in [3.63, 3.8) is 0 Å². The molecule has 5 nitrogen and oxygen atoms in total. The van der Waals surface area contributed by atoms with E-state index in [1.165, 1.54) is 4.90 Å². The number of carbonyl (C=O) groups is 1. The first kappa shape index (κ1) is 19.8. The molecule has 29 heavy (non-hydrogen) atoms. The molecule has 1 aliphatic rings. The van der Waals surface area contributed by atoms with Crippen LogP contribution in [0.4, 0.5) is 0 Å². The molecule has 1 aromatic heterocycles. The Morgan fingerprint density at radius 2 is 1.83 bits per heavy atom. The van der Waals surface area contributed by atoms with Gasteiger partial charge in [0.1, 0.15) is 18.1 Å². The van der Waals surface area contributed by atoms with E-state index in [2.05, 4.69) is 17.1 Å². The summed E-state index contributed by atoms with van der Waals surface area (Å²) < 4.78 is 5.46. The van der Waals surface area contributed by atoms with E-state index in [0.717, 1.165) is 54.5 Å². The predicted octanol–water partition coefficient (Wildman–Crippen LogP) is 2.37. The molecule has 0 radical (unpaired) electrons. The van der Waals surface area contributed by atoms with Gasteiger partial charge in [0.2, 0.25) is 0 Å². The fourth-order valence-electron chi connectivity index (χ4n) is 3.66. The highest BCUT2D eigenvalue weighted by Crippen LogP contribution is 2.25. The summed E-state index contributed by atoms with van der Waals surface area (Å²) in [6.07, 6.45) is 1.80. The van der Waals surface area contributed by atoms with Crippen LogP contribution in [0.25, 0.3) is 11.1 Å². The minimum atomic E-state index is 0.0623. The Morgan fingerprint density at radius 3 is 2.59 bits per heavy atom. The SMILES string of the molecule is O=C(c1ccccc1-c1ccccc1)N(CC[NH+]1CCOCC1)Cc1nccs1. The van der Waals surface area contributed by atoms with E-state index in [-0.39, 0.29) is 5.91 Å². The summed E-state index contributed by atoms with van der Waals surface area (Å²) >= 11 is 1.59. The lowest BCUT2D eigenvalue weighted by Crippen LogP contribution is -3.14. The van der Waals surface area contributed by atoms with Gasteiger partial charge in [0.05, 0.1) is 32.8 Å². The summed E-state index contributed by atoms with van der Waals surface area (Å²) in [6, 6.07) is 18.0. The zero-order valence-corrected chi connectivity index (χ0v) is 17.2. The van der Waals surface area contributed by atoms with Crippen molar-refractivity contribution in [2.75, 3.05) is 39.4 Å². The van der Waals surface area contributed by atoms with Crippen molar-refractivity contribution in [1.29, 1.82) is 0 Å². The third-order valence-corrected chi connectivity index (χ3v) is 6.04. The number of hydrogen-bond donors (Lipinski definition) is 1. The minimum Gasteiger partial charge on any atom is -0.370 e. The number of ether oxygens (including phenoxy) is 1. The zero-order chi connectivity index (χ0) is 19.9. The minimum absolute atomic E-state index is 0.0623. The second-order valence-corrected chi connectivity index (χ2v) is 8.16. The molecule has 4 rings (SSSR count). The standard InChI is InChI=1S/C23H25N3O2S/c27-23(21-9-5-4-8-20(21)19-6-2-1-3-7-19)26(18-22-24-10-17-29-22)12-11-25-13-15-28-16-14-25/h1-10,17H,11-16,18H2/p+1. The van der Waals surface area contributed by atoms with Crippen molar-refractivity contribution < 1.29 is 14.4 Å². The summed E-state index contributed by atoms with van der Waals surface area (Å²) in [7, 11) is 0. The van der Waals surface area contributed by atoms with Gasteiger partial charge in [0.25, 0.3) is 5.91 Å². The molecule has 2 aromatic carbocycles. The number of aromatic nitrogens is 1. The molecule has 6 heteroatoms. The largest absolute Gasteiger partial charge is 0.370 e. The number of nitrogens with zero attached hydrogens (tertiary/aromatic N) is 2. The molecule has 0 saturated carbocycles. The lowest BCUT2D eigenvalue weighted by molar-refractivity contribution is -0.907. The first-order valence-corrected chi connectivity index (χ1v) is 10.9. The lowest BCUT2D eigenvalue weighted by atomic mass is 9.99. The molecule has 1 aliphatic heterocycles. The second-order valence-electron chi connectivity index (χ2n) is 7.18. The molecule has 3 aromatic rings. The maximum absolute atomic E-state index is 13.6. The Bertz CT molecular complexity index is 909. The summed E-state index contributed by atoms with van der Waals surface area (Å²) in [6.45, 7) is 5.77. The van der Waals surface area contributed by atoms with E-state index in [1.807, 2.05) is 52.7 Å². The van der Waals surface area contributed by atoms with Crippen molar-refractivity contribution in [3.05, 3.63) is 76.7 Å². The van der Waals surface area contributed by atoms with Crippen LogP contribution in [0.3, 0.4) is 0 Å². The molecule has 0 unspecified atom stereocenters. The summed E-state index contributed by atoms with van der Waals surface area (Å²) in [4.78, 5) is 21.4. The van der Waals surface area contributed by atoms with Gasteiger partial charge >= 0.3 is 0 Å². The maximum atomic E-state index is 13.6. The number of nitrogens with one attached hydrogen (secondary N) is 1. The second kappa shape index (κ2) is 9.78. The predicted molar refractivity (Wildman–Crippen MR) is 115 cm³/mol. The normalized spacial score (nSPS) is 14.6. The molecule has 0 atom stereocenters. The number of amides is 1. The summed E-state index contributed by atoms with van der Waals surface area (Å²) in [5.74, 6) is 0.0623. The van der Waals surface area contributed by atoms with Crippen LogP contribution in [0.5, 0.6) is 0 Å². The third-order valence-electron chi connectivity index (χ3n) is 5.27. The van der Waals surface area contributed by atoms with Crippen LogP contribution in [0.2, 0.25) is 0 Å². The molecule has 2 heterocycles. The highest BCUT2D eigenvalue weighted by Gasteiger charge is 2.23. The molecule has 150 valence electrons. The molecular formula is C23H26N3O2S+. The van der Waals surface area contributed by atoms with Gasteiger partial charge in [0, 0.05) is 17.1 Å². The third kappa shape index (κ3) is 5.09. The molecule has 0 spiro atoms. The number of quaternary nitrogens is 1. The van der Waals surface area contributed by atoms with Crippen molar-refractivity contribution in [2.45, 2.75) is 6.54 Å². The van der Waals surface area contributed by atoms with E-state index >= 15 is 0 Å². The van der Waals surface area contributed by atoms with Crippen LogP contribution in [-0.4, -0.2) is 55.2 Å². The quantitative estimate of drug-likeness (QED) is 0.653. The highest BCUT2D eigenvalue weighted by molar-refractivity contribution is 7.09. The number of hydrogen-bond acceptors (Lipinski definition) is 4. The molecule has 1 fully saturated rings. The molecule has 1 saturated heterocycles. The van der Waals surface area contributed by atoms with Crippen LogP contribution in [-0.2, 0) is 11.3 Å². The number of thiazole rings is 1. The van der Waals surface area contributed by atoms with Crippen LogP contribution in [0.15, 0.2) is 66.2 Å². The van der Waals surface area contributed by atoms with Crippen molar-refractivity contribution in [3.8, 4) is 11.1 Å². The molecular weight excluding hydrogens is 382 g/mol. The van der Waals surface area contributed by atoms with Gasteiger partial charge < -0.3 is 14.5 Å². The zero-order valence-electron chi connectivity index (χ0n) is 16.4. The average Bonchev–Trinajstić information content (AvgIpc) is 3.31. The van der Waals surface area contributed by atoms with E-state index in [4.69, 9.17) is 4.74 Å². The van der Waals surface area contributed by atoms with Crippen molar-refractivity contribution >= 4 is 17.2 Å². The van der Waals surface area contributed by atoms with Gasteiger partial charge in [-0.25, -0.2) is 4.98 Å². The number of benzene rings is 2. The van der Waals surface area contributed by atoms with E-state index in [0.29, 0.717) is 13.1 Å². The van der Waals surface area contributed by atoms with Gasteiger partial charge in [-0.2, -0.15) is 0 Å². The van der Waals surface area contributed by atoms with Crippen molar-refractivity contribution in [1.82, 2.24) is 9.88 Å². The summed E-state index contributed by atoms with van der Waals surface area (Å²) in [5.41, 5.74) is 2.78. The first-order chi connectivity index (χ1) is 14.3. The Balaban J connectivity index is 1.57. The van der Waals surface area contributed by atoms with Crippen molar-refractivity contribution in [2.24, 2.45) is 0 Å². The van der Waals surface area contributed by atoms with Gasteiger partial charge in [-0.1, -0.05) is 48.5 Å². The molecule has 0 aliphatic carbocycles. The Morgan fingerprint density at radius 1 is 1.07 bits per heavy atom. The Kier molecular flexibility index (Phi) is 6.67. The van der Waals surface area contributed by atoms with Gasteiger partial charge in [-0.05, 0) is 17.2 Å². The lowest BCUT2D eigenvalue weighted by Gasteiger charge is -2.28. The fraction of sp³-hybridized carbons (Fsp3) is 0.304. The number of rotatable bonds is 7.